The highest BCUT2D eigenvalue weighted by molar-refractivity contribution is 5.84. The van der Waals surface area contributed by atoms with Crippen LogP contribution >= 0.6 is 0 Å². The first kappa shape index (κ1) is 12.6. The number of primary amides is 1. The molecule has 0 saturated heterocycles. The molecule has 1 heterocycles. The van der Waals surface area contributed by atoms with Crippen molar-refractivity contribution in [2.75, 3.05) is 6.54 Å². The maximum Gasteiger partial charge on any atom is 0.242 e. The van der Waals surface area contributed by atoms with Gasteiger partial charge in [0.25, 0.3) is 0 Å². The van der Waals surface area contributed by atoms with Crippen molar-refractivity contribution in [2.24, 2.45) is 5.73 Å². The Morgan fingerprint density at radius 1 is 1.44 bits per heavy atom. The lowest BCUT2D eigenvalue weighted by Crippen LogP contribution is -2.33. The molecule has 18 heavy (non-hydrogen) atoms. The highest BCUT2D eigenvalue weighted by atomic mass is 16.3. The zero-order valence-corrected chi connectivity index (χ0v) is 10.5. The molecule has 1 atom stereocenters. The van der Waals surface area contributed by atoms with Crippen LogP contribution in [0.15, 0.2) is 34.7 Å². The lowest BCUT2D eigenvalue weighted by molar-refractivity contribution is -0.120. The predicted octanol–water partition coefficient (Wildman–Crippen LogP) is 2.35. The van der Waals surface area contributed by atoms with Gasteiger partial charge in [-0.1, -0.05) is 31.5 Å². The fourth-order valence-electron chi connectivity index (χ4n) is 1.91. The Morgan fingerprint density at radius 2 is 2.22 bits per heavy atom. The predicted molar refractivity (Wildman–Crippen MR) is 71.1 cm³/mol. The van der Waals surface area contributed by atoms with Crippen molar-refractivity contribution in [1.82, 2.24) is 5.32 Å². The summed E-state index contributed by atoms with van der Waals surface area (Å²) in [7, 11) is 0. The fourth-order valence-corrected chi connectivity index (χ4v) is 1.91. The molecular formula is C14H18N2O2. The van der Waals surface area contributed by atoms with Crippen molar-refractivity contribution in [1.29, 1.82) is 0 Å². The maximum atomic E-state index is 11.5. The van der Waals surface area contributed by atoms with Crippen LogP contribution in [0.4, 0.5) is 0 Å². The molecule has 0 saturated carbocycles. The zero-order valence-electron chi connectivity index (χ0n) is 10.5. The minimum atomic E-state index is -0.552. The van der Waals surface area contributed by atoms with Crippen molar-refractivity contribution in [3.63, 3.8) is 0 Å². The monoisotopic (exact) mass is 246 g/mol. The van der Waals surface area contributed by atoms with Crippen LogP contribution in [0.1, 0.15) is 31.6 Å². The highest BCUT2D eigenvalue weighted by Gasteiger charge is 2.20. The molecule has 0 aliphatic heterocycles. The van der Waals surface area contributed by atoms with Gasteiger partial charge in [-0.05, 0) is 25.1 Å². The average molecular weight is 246 g/mol. The Kier molecular flexibility index (Phi) is 3.99. The minimum Gasteiger partial charge on any atom is -0.459 e. The van der Waals surface area contributed by atoms with E-state index in [1.54, 1.807) is 0 Å². The van der Waals surface area contributed by atoms with E-state index >= 15 is 0 Å². The van der Waals surface area contributed by atoms with E-state index in [0.29, 0.717) is 5.76 Å². The number of fused-ring (bicyclic) bond motifs is 1. The summed E-state index contributed by atoms with van der Waals surface area (Å²) in [4.78, 5) is 11.5. The Morgan fingerprint density at radius 3 is 2.89 bits per heavy atom. The molecule has 2 rings (SSSR count). The Bertz CT molecular complexity index is 500. The quantitative estimate of drug-likeness (QED) is 0.769. The SMILES string of the molecule is CCCCNC(C(N)=O)c1cc2ccccc2o1. The van der Waals surface area contributed by atoms with Crippen molar-refractivity contribution in [3.05, 3.63) is 36.1 Å². The van der Waals surface area contributed by atoms with Crippen molar-refractivity contribution in [3.8, 4) is 0 Å². The number of rotatable bonds is 6. The average Bonchev–Trinajstić information content (AvgIpc) is 2.77. The number of carbonyl (C=O) groups excluding carboxylic acids is 1. The van der Waals surface area contributed by atoms with E-state index in [1.807, 2.05) is 30.3 Å². The van der Waals surface area contributed by atoms with E-state index in [1.165, 1.54) is 0 Å². The first-order valence-corrected chi connectivity index (χ1v) is 6.23. The summed E-state index contributed by atoms with van der Waals surface area (Å²) in [6.45, 7) is 2.85. The molecule has 3 N–H and O–H groups in total. The zero-order chi connectivity index (χ0) is 13.0. The van der Waals surface area contributed by atoms with E-state index in [-0.39, 0.29) is 0 Å². The summed E-state index contributed by atoms with van der Waals surface area (Å²) < 4.78 is 5.66. The molecule has 4 nitrogen and oxygen atoms in total. The van der Waals surface area contributed by atoms with E-state index < -0.39 is 11.9 Å². The fraction of sp³-hybridized carbons (Fsp3) is 0.357. The van der Waals surface area contributed by atoms with Crippen LogP contribution in [0.3, 0.4) is 0 Å². The topological polar surface area (TPSA) is 68.3 Å². The number of furan rings is 1. The molecule has 1 aromatic carbocycles. The molecule has 4 heteroatoms. The smallest absolute Gasteiger partial charge is 0.242 e. The molecule has 0 radical (unpaired) electrons. The number of nitrogens with one attached hydrogen (secondary N) is 1. The van der Waals surface area contributed by atoms with Gasteiger partial charge in [-0.25, -0.2) is 0 Å². The van der Waals surface area contributed by atoms with Crippen molar-refractivity contribution >= 4 is 16.9 Å². The van der Waals surface area contributed by atoms with Gasteiger partial charge in [0.15, 0.2) is 0 Å². The second-order valence-electron chi connectivity index (χ2n) is 4.33. The molecule has 0 fully saturated rings. The van der Waals surface area contributed by atoms with Crippen LogP contribution in [0, 0.1) is 0 Å². The van der Waals surface area contributed by atoms with Gasteiger partial charge in [0.2, 0.25) is 5.91 Å². The van der Waals surface area contributed by atoms with Crippen LogP contribution in [0.2, 0.25) is 0 Å². The first-order valence-electron chi connectivity index (χ1n) is 6.23. The molecule has 96 valence electrons. The summed E-state index contributed by atoms with van der Waals surface area (Å²) in [5, 5.41) is 4.11. The minimum absolute atomic E-state index is 0.412. The Hall–Kier alpha value is -1.81. The number of unbranched alkanes of at least 4 members (excludes halogenated alkanes) is 1. The normalized spacial score (nSPS) is 12.7. The van der Waals surface area contributed by atoms with Crippen molar-refractivity contribution < 1.29 is 9.21 Å². The molecule has 0 aliphatic rings. The van der Waals surface area contributed by atoms with Gasteiger partial charge in [-0.3, -0.25) is 10.1 Å². The number of hydrogen-bond donors (Lipinski definition) is 2. The lowest BCUT2D eigenvalue weighted by Gasteiger charge is -2.12. The lowest BCUT2D eigenvalue weighted by atomic mass is 10.2. The van der Waals surface area contributed by atoms with Gasteiger partial charge in [-0.2, -0.15) is 0 Å². The summed E-state index contributed by atoms with van der Waals surface area (Å²) >= 11 is 0. The van der Waals surface area contributed by atoms with Crippen molar-refractivity contribution in [2.45, 2.75) is 25.8 Å². The molecule has 1 unspecified atom stereocenters. The number of carbonyl (C=O) groups is 1. The number of amides is 1. The van der Waals surface area contributed by atoms with Crippen LogP contribution in [-0.2, 0) is 4.79 Å². The van der Waals surface area contributed by atoms with Gasteiger partial charge < -0.3 is 10.2 Å². The van der Waals surface area contributed by atoms with Gasteiger partial charge in [0, 0.05) is 5.39 Å². The molecule has 1 amide bonds. The van der Waals surface area contributed by atoms with E-state index in [4.69, 9.17) is 10.2 Å². The summed E-state index contributed by atoms with van der Waals surface area (Å²) in [5.41, 5.74) is 6.19. The number of para-hydroxylation sites is 1. The van der Waals surface area contributed by atoms with Crippen LogP contribution in [-0.4, -0.2) is 12.5 Å². The summed E-state index contributed by atoms with van der Waals surface area (Å²) in [5.74, 6) is 0.171. The van der Waals surface area contributed by atoms with Gasteiger partial charge in [-0.15, -0.1) is 0 Å². The molecule has 2 aromatic rings. The third-order valence-electron chi connectivity index (χ3n) is 2.89. The summed E-state index contributed by atoms with van der Waals surface area (Å²) in [6, 6.07) is 8.98. The number of benzene rings is 1. The standard InChI is InChI=1S/C14H18N2O2/c1-2-3-8-16-13(14(15)17)12-9-10-6-4-5-7-11(10)18-12/h4-7,9,13,16H,2-3,8H2,1H3,(H2,15,17). The number of hydrogen-bond acceptors (Lipinski definition) is 3. The largest absolute Gasteiger partial charge is 0.459 e. The first-order chi connectivity index (χ1) is 8.72. The third kappa shape index (κ3) is 2.71. The number of nitrogens with two attached hydrogens (primary N) is 1. The second kappa shape index (κ2) is 5.69. The molecule has 0 aliphatic carbocycles. The van der Waals surface area contributed by atoms with E-state index in [0.717, 1.165) is 30.4 Å². The maximum absolute atomic E-state index is 11.5. The van der Waals surface area contributed by atoms with Gasteiger partial charge in [0.05, 0.1) is 0 Å². The molecule has 0 bridgehead atoms. The Labute approximate surface area is 106 Å². The molecule has 0 spiro atoms. The Balaban J connectivity index is 2.21. The second-order valence-corrected chi connectivity index (χ2v) is 4.33. The molecule has 1 aromatic heterocycles. The summed E-state index contributed by atoms with van der Waals surface area (Å²) in [6.07, 6.45) is 2.07. The van der Waals surface area contributed by atoms with E-state index in [9.17, 15) is 4.79 Å². The molecular weight excluding hydrogens is 228 g/mol. The van der Waals surface area contributed by atoms with Crippen LogP contribution in [0.5, 0.6) is 0 Å². The highest BCUT2D eigenvalue weighted by Crippen LogP contribution is 2.23. The third-order valence-corrected chi connectivity index (χ3v) is 2.89. The van der Waals surface area contributed by atoms with Gasteiger partial charge >= 0.3 is 0 Å². The van der Waals surface area contributed by atoms with Crippen LogP contribution in [0.25, 0.3) is 11.0 Å². The van der Waals surface area contributed by atoms with Gasteiger partial charge in [0.1, 0.15) is 17.4 Å². The van der Waals surface area contributed by atoms with E-state index in [2.05, 4.69) is 12.2 Å². The van der Waals surface area contributed by atoms with Crippen LogP contribution < -0.4 is 11.1 Å².